The number of aromatic nitrogens is 1. The van der Waals surface area contributed by atoms with E-state index in [1.54, 1.807) is 12.1 Å². The van der Waals surface area contributed by atoms with Crippen molar-refractivity contribution in [2.45, 2.75) is 31.7 Å². The minimum atomic E-state index is -0.118. The summed E-state index contributed by atoms with van der Waals surface area (Å²) in [7, 11) is 2.16. The summed E-state index contributed by atoms with van der Waals surface area (Å²) in [4.78, 5) is 14.0. The fraction of sp³-hybridized carbons (Fsp3) is 0.500. The predicted molar refractivity (Wildman–Crippen MR) is 124 cm³/mol. The Morgan fingerprint density at radius 2 is 1.90 bits per heavy atom. The van der Waals surface area contributed by atoms with Crippen LogP contribution in [0.3, 0.4) is 0 Å². The van der Waals surface area contributed by atoms with E-state index < -0.39 is 0 Å². The monoisotopic (exact) mass is 424 g/mol. The van der Waals surface area contributed by atoms with Crippen molar-refractivity contribution in [3.63, 3.8) is 0 Å². The van der Waals surface area contributed by atoms with Gasteiger partial charge in [-0.25, -0.2) is 14.4 Å². The molecule has 2 aliphatic rings. The maximum absolute atomic E-state index is 14.3. The van der Waals surface area contributed by atoms with Gasteiger partial charge in [0.15, 0.2) is 5.96 Å². The largest absolute Gasteiger partial charge is 0.357 e. The normalized spacial score (nSPS) is 18.7. The summed E-state index contributed by atoms with van der Waals surface area (Å²) in [6.07, 6.45) is 3.87. The van der Waals surface area contributed by atoms with Crippen LogP contribution in [0, 0.1) is 5.82 Å². The van der Waals surface area contributed by atoms with Crippen molar-refractivity contribution in [2.24, 2.45) is 4.99 Å². The number of hydrogen-bond donors (Lipinski definition) is 2. The second-order valence-electron chi connectivity index (χ2n) is 8.62. The SMILES string of the molecule is CCNC(=NCc1ccnc(N2CCN(C)CC2)c1)NCC1(c2ccccc2F)CC1. The average Bonchev–Trinajstić information content (AvgIpc) is 3.57. The highest BCUT2D eigenvalue weighted by Crippen LogP contribution is 2.48. The van der Waals surface area contributed by atoms with Gasteiger partial charge in [-0.2, -0.15) is 0 Å². The maximum Gasteiger partial charge on any atom is 0.191 e. The molecule has 1 saturated carbocycles. The fourth-order valence-corrected chi connectivity index (χ4v) is 4.12. The van der Waals surface area contributed by atoms with E-state index in [1.807, 2.05) is 24.4 Å². The number of aliphatic imine (C=N–C) groups is 1. The van der Waals surface area contributed by atoms with Crippen LogP contribution in [0.15, 0.2) is 47.6 Å². The van der Waals surface area contributed by atoms with Crippen LogP contribution in [-0.2, 0) is 12.0 Å². The maximum atomic E-state index is 14.3. The molecule has 2 fully saturated rings. The van der Waals surface area contributed by atoms with E-state index in [-0.39, 0.29) is 11.2 Å². The molecule has 6 nitrogen and oxygen atoms in total. The lowest BCUT2D eigenvalue weighted by Gasteiger charge is -2.33. The molecule has 166 valence electrons. The molecule has 2 aromatic rings. The van der Waals surface area contributed by atoms with Gasteiger partial charge in [0.25, 0.3) is 0 Å². The summed E-state index contributed by atoms with van der Waals surface area (Å²) in [6, 6.07) is 11.3. The van der Waals surface area contributed by atoms with Crippen LogP contribution in [0.1, 0.15) is 30.9 Å². The van der Waals surface area contributed by atoms with Crippen molar-refractivity contribution in [3.8, 4) is 0 Å². The lowest BCUT2D eigenvalue weighted by Crippen LogP contribution is -2.44. The number of guanidine groups is 1. The third kappa shape index (κ3) is 5.34. The van der Waals surface area contributed by atoms with Crippen molar-refractivity contribution < 1.29 is 4.39 Å². The first-order valence-corrected chi connectivity index (χ1v) is 11.3. The molecular weight excluding hydrogens is 391 g/mol. The zero-order valence-electron chi connectivity index (χ0n) is 18.6. The van der Waals surface area contributed by atoms with Crippen LogP contribution in [0.2, 0.25) is 0 Å². The molecule has 0 spiro atoms. The topological polar surface area (TPSA) is 55.8 Å². The number of nitrogens with zero attached hydrogens (tertiary/aromatic N) is 4. The Kier molecular flexibility index (Phi) is 6.70. The molecule has 7 heteroatoms. The van der Waals surface area contributed by atoms with Crippen LogP contribution in [0.25, 0.3) is 0 Å². The minimum absolute atomic E-state index is 0.114. The highest BCUT2D eigenvalue weighted by molar-refractivity contribution is 5.80. The van der Waals surface area contributed by atoms with Crippen LogP contribution < -0.4 is 15.5 Å². The van der Waals surface area contributed by atoms with E-state index in [0.29, 0.717) is 13.1 Å². The molecule has 2 N–H and O–H groups in total. The quantitative estimate of drug-likeness (QED) is 0.529. The number of rotatable bonds is 7. The van der Waals surface area contributed by atoms with Gasteiger partial charge in [-0.15, -0.1) is 0 Å². The molecule has 0 radical (unpaired) electrons. The number of likely N-dealkylation sites (N-methyl/N-ethyl adjacent to an activating group) is 1. The molecule has 4 rings (SSSR count). The Bertz CT molecular complexity index is 902. The highest BCUT2D eigenvalue weighted by atomic mass is 19.1. The Hall–Kier alpha value is -2.67. The molecule has 31 heavy (non-hydrogen) atoms. The van der Waals surface area contributed by atoms with E-state index in [2.05, 4.69) is 45.5 Å². The van der Waals surface area contributed by atoms with E-state index in [9.17, 15) is 4.39 Å². The summed E-state index contributed by atoms with van der Waals surface area (Å²) < 4.78 is 14.3. The fourth-order valence-electron chi connectivity index (χ4n) is 4.12. The van der Waals surface area contributed by atoms with E-state index in [1.165, 1.54) is 0 Å². The van der Waals surface area contributed by atoms with Crippen molar-refractivity contribution in [1.82, 2.24) is 20.5 Å². The lowest BCUT2D eigenvalue weighted by atomic mass is 9.95. The molecule has 1 aliphatic carbocycles. The van der Waals surface area contributed by atoms with Gasteiger partial charge in [0, 0.05) is 50.9 Å². The smallest absolute Gasteiger partial charge is 0.191 e. The number of halogens is 1. The molecule has 1 aromatic heterocycles. The highest BCUT2D eigenvalue weighted by Gasteiger charge is 2.45. The van der Waals surface area contributed by atoms with E-state index in [0.717, 1.165) is 68.5 Å². The van der Waals surface area contributed by atoms with Crippen LogP contribution >= 0.6 is 0 Å². The van der Waals surface area contributed by atoms with Crippen molar-refractivity contribution in [2.75, 3.05) is 51.2 Å². The summed E-state index contributed by atoms with van der Waals surface area (Å²) in [5, 5.41) is 6.76. The number of anilines is 1. The third-order valence-electron chi connectivity index (χ3n) is 6.29. The van der Waals surface area contributed by atoms with Crippen molar-refractivity contribution in [3.05, 3.63) is 59.5 Å². The number of benzene rings is 1. The molecule has 2 heterocycles. The van der Waals surface area contributed by atoms with Gasteiger partial charge in [0.05, 0.1) is 6.54 Å². The van der Waals surface area contributed by atoms with Crippen LogP contribution in [0.4, 0.5) is 10.2 Å². The van der Waals surface area contributed by atoms with Gasteiger partial charge in [-0.05, 0) is 56.1 Å². The van der Waals surface area contributed by atoms with Gasteiger partial charge in [-0.3, -0.25) is 0 Å². The van der Waals surface area contributed by atoms with Gasteiger partial charge in [0.1, 0.15) is 11.6 Å². The van der Waals surface area contributed by atoms with E-state index >= 15 is 0 Å². The molecule has 1 aromatic carbocycles. The van der Waals surface area contributed by atoms with E-state index in [4.69, 9.17) is 4.99 Å². The number of piperazine rings is 1. The van der Waals surface area contributed by atoms with Crippen molar-refractivity contribution in [1.29, 1.82) is 0 Å². The Balaban J connectivity index is 1.39. The zero-order chi connectivity index (χ0) is 21.7. The van der Waals surface area contributed by atoms with Gasteiger partial charge < -0.3 is 20.4 Å². The summed E-state index contributed by atoms with van der Waals surface area (Å²) in [5.74, 6) is 1.68. The lowest BCUT2D eigenvalue weighted by molar-refractivity contribution is 0.312. The Morgan fingerprint density at radius 3 is 2.61 bits per heavy atom. The number of hydrogen-bond acceptors (Lipinski definition) is 4. The molecular formula is C24H33FN6. The summed E-state index contributed by atoms with van der Waals surface area (Å²) in [5.41, 5.74) is 1.83. The first-order valence-electron chi connectivity index (χ1n) is 11.3. The Morgan fingerprint density at radius 1 is 1.13 bits per heavy atom. The molecule has 1 aliphatic heterocycles. The molecule has 0 atom stereocenters. The van der Waals surface area contributed by atoms with Crippen LogP contribution in [-0.4, -0.2) is 62.2 Å². The molecule has 0 bridgehead atoms. The zero-order valence-corrected chi connectivity index (χ0v) is 18.6. The standard InChI is InChI=1S/C24H33FN6/c1-3-26-23(29-18-24(9-10-24)20-6-4-5-7-21(20)25)28-17-19-8-11-27-22(16-19)31-14-12-30(2)13-15-31/h4-8,11,16H,3,9-10,12-15,17-18H2,1-2H3,(H2,26,28,29). The second-order valence-corrected chi connectivity index (χ2v) is 8.62. The summed E-state index contributed by atoms with van der Waals surface area (Å²) >= 11 is 0. The van der Waals surface area contributed by atoms with Crippen molar-refractivity contribution >= 4 is 11.8 Å². The first-order chi connectivity index (χ1) is 15.1. The van der Waals surface area contributed by atoms with Gasteiger partial charge >= 0.3 is 0 Å². The molecule has 0 amide bonds. The third-order valence-corrected chi connectivity index (χ3v) is 6.29. The molecule has 0 unspecified atom stereocenters. The van der Waals surface area contributed by atoms with Gasteiger partial charge in [-0.1, -0.05) is 18.2 Å². The van der Waals surface area contributed by atoms with Gasteiger partial charge in [0.2, 0.25) is 0 Å². The second kappa shape index (κ2) is 9.64. The Labute approximate surface area is 184 Å². The summed E-state index contributed by atoms with van der Waals surface area (Å²) in [6.45, 7) is 8.20. The average molecular weight is 425 g/mol. The number of pyridine rings is 1. The minimum Gasteiger partial charge on any atom is -0.357 e. The first kappa shape index (κ1) is 21.6. The molecule has 1 saturated heterocycles. The van der Waals surface area contributed by atoms with Crippen LogP contribution in [0.5, 0.6) is 0 Å². The predicted octanol–water partition coefficient (Wildman–Crippen LogP) is 2.76. The number of nitrogens with one attached hydrogen (secondary N) is 2.